The van der Waals surface area contributed by atoms with Crippen molar-refractivity contribution in [2.75, 3.05) is 7.11 Å². The molecule has 0 aliphatic heterocycles. The minimum Gasteiger partial charge on any atom is -0.507 e. The number of ether oxygens (including phenoxy) is 1. The summed E-state index contributed by atoms with van der Waals surface area (Å²) in [4.78, 5) is 0. The first-order valence-corrected chi connectivity index (χ1v) is 3.66. The summed E-state index contributed by atoms with van der Waals surface area (Å²) in [5.41, 5.74) is 1.20. The van der Waals surface area contributed by atoms with Crippen molar-refractivity contribution in [3.05, 3.63) is 23.3 Å². The third-order valence-electron chi connectivity index (χ3n) is 1.76. The number of aromatic hydroxyl groups is 1. The van der Waals surface area contributed by atoms with Gasteiger partial charge in [-0.3, -0.25) is 0 Å². The van der Waals surface area contributed by atoms with Crippen molar-refractivity contribution in [1.82, 2.24) is 0 Å². The first-order chi connectivity index (χ1) is 5.69. The number of methoxy groups -OCH3 is 1. The van der Waals surface area contributed by atoms with Crippen molar-refractivity contribution in [1.29, 1.82) is 0 Å². The van der Waals surface area contributed by atoms with E-state index in [1.807, 2.05) is 0 Å². The molecule has 0 aliphatic rings. The summed E-state index contributed by atoms with van der Waals surface area (Å²) in [5, 5.41) is 18.2. The minimum atomic E-state index is -0.177. The molecule has 3 heteroatoms. The molecule has 0 fully saturated rings. The monoisotopic (exact) mass is 168 g/mol. The second kappa shape index (κ2) is 3.45. The van der Waals surface area contributed by atoms with Crippen LogP contribution in [0.1, 0.15) is 11.1 Å². The summed E-state index contributed by atoms with van der Waals surface area (Å²) >= 11 is 0. The van der Waals surface area contributed by atoms with E-state index in [1.54, 1.807) is 26.2 Å². The summed E-state index contributed by atoms with van der Waals surface area (Å²) in [5.74, 6) is 0.785. The molecule has 0 aliphatic carbocycles. The van der Waals surface area contributed by atoms with Crippen LogP contribution in [0, 0.1) is 6.92 Å². The van der Waals surface area contributed by atoms with E-state index in [0.717, 1.165) is 0 Å². The number of rotatable bonds is 2. The molecule has 3 nitrogen and oxygen atoms in total. The fourth-order valence-corrected chi connectivity index (χ4v) is 1.06. The van der Waals surface area contributed by atoms with Gasteiger partial charge in [0.1, 0.15) is 11.5 Å². The van der Waals surface area contributed by atoms with Gasteiger partial charge in [-0.1, -0.05) is 0 Å². The highest BCUT2D eigenvalue weighted by Gasteiger charge is 2.05. The maximum absolute atomic E-state index is 9.40. The second-order valence-corrected chi connectivity index (χ2v) is 2.61. The van der Waals surface area contributed by atoms with Crippen LogP contribution in [0.3, 0.4) is 0 Å². The lowest BCUT2D eigenvalue weighted by molar-refractivity contribution is 0.274. The van der Waals surface area contributed by atoms with Gasteiger partial charge in [0.15, 0.2) is 0 Å². The molecular formula is C9H12O3. The van der Waals surface area contributed by atoms with Crippen LogP contribution in [0.25, 0.3) is 0 Å². The van der Waals surface area contributed by atoms with Gasteiger partial charge in [0.2, 0.25) is 0 Å². The summed E-state index contributed by atoms with van der Waals surface area (Å²) in [6, 6.07) is 3.33. The van der Waals surface area contributed by atoms with E-state index in [9.17, 15) is 5.11 Å². The van der Waals surface area contributed by atoms with E-state index in [-0.39, 0.29) is 12.4 Å². The molecule has 1 rings (SSSR count). The molecule has 0 spiro atoms. The first-order valence-electron chi connectivity index (χ1n) is 3.66. The summed E-state index contributed by atoms with van der Waals surface area (Å²) < 4.78 is 4.97. The molecule has 0 radical (unpaired) electrons. The fraction of sp³-hybridized carbons (Fsp3) is 0.333. The lowest BCUT2D eigenvalue weighted by Crippen LogP contribution is -1.90. The molecule has 1 aromatic rings. The van der Waals surface area contributed by atoms with Gasteiger partial charge >= 0.3 is 0 Å². The summed E-state index contributed by atoms with van der Waals surface area (Å²) in [7, 11) is 1.55. The topological polar surface area (TPSA) is 49.7 Å². The quantitative estimate of drug-likeness (QED) is 0.697. The van der Waals surface area contributed by atoms with E-state index in [1.165, 1.54) is 0 Å². The minimum absolute atomic E-state index is 0.137. The van der Waals surface area contributed by atoms with Gasteiger partial charge in [0.25, 0.3) is 0 Å². The predicted octanol–water partition coefficient (Wildman–Crippen LogP) is 1.20. The normalized spacial score (nSPS) is 9.92. The van der Waals surface area contributed by atoms with E-state index in [2.05, 4.69) is 0 Å². The lowest BCUT2D eigenvalue weighted by Gasteiger charge is -2.07. The highest BCUT2D eigenvalue weighted by atomic mass is 16.5. The Labute approximate surface area is 71.2 Å². The highest BCUT2D eigenvalue weighted by Crippen LogP contribution is 2.27. The van der Waals surface area contributed by atoms with Gasteiger partial charge in [0.05, 0.1) is 13.7 Å². The Balaban J connectivity index is 3.19. The molecule has 0 heterocycles. The molecule has 0 aromatic heterocycles. The number of aliphatic hydroxyl groups excluding tert-OH is 1. The molecule has 0 saturated heterocycles. The Kier molecular flexibility index (Phi) is 2.55. The Hall–Kier alpha value is -1.22. The van der Waals surface area contributed by atoms with Crippen LogP contribution in [0.4, 0.5) is 0 Å². The van der Waals surface area contributed by atoms with E-state index >= 15 is 0 Å². The third kappa shape index (κ3) is 1.51. The number of hydrogen-bond acceptors (Lipinski definition) is 3. The Morgan fingerprint density at radius 2 is 2.08 bits per heavy atom. The SMILES string of the molecule is COc1cc(C)c(O)c(CO)c1. The summed E-state index contributed by atoms with van der Waals surface area (Å²) in [6.07, 6.45) is 0. The van der Waals surface area contributed by atoms with E-state index in [0.29, 0.717) is 16.9 Å². The highest BCUT2D eigenvalue weighted by molar-refractivity contribution is 5.45. The lowest BCUT2D eigenvalue weighted by atomic mass is 10.1. The van der Waals surface area contributed by atoms with E-state index < -0.39 is 0 Å². The number of hydrogen-bond donors (Lipinski definition) is 2. The molecule has 0 amide bonds. The van der Waals surface area contributed by atoms with Gasteiger partial charge < -0.3 is 14.9 Å². The molecule has 2 N–H and O–H groups in total. The van der Waals surface area contributed by atoms with Crippen molar-refractivity contribution < 1.29 is 14.9 Å². The van der Waals surface area contributed by atoms with Gasteiger partial charge in [-0.15, -0.1) is 0 Å². The predicted molar refractivity (Wildman–Crippen MR) is 45.3 cm³/mol. The zero-order chi connectivity index (χ0) is 9.14. The number of phenols is 1. The molecule has 0 bridgehead atoms. The average Bonchev–Trinajstić information content (AvgIpc) is 2.09. The maximum Gasteiger partial charge on any atom is 0.124 e. The van der Waals surface area contributed by atoms with Crippen molar-refractivity contribution >= 4 is 0 Å². The van der Waals surface area contributed by atoms with Gasteiger partial charge in [-0.2, -0.15) is 0 Å². The largest absolute Gasteiger partial charge is 0.507 e. The third-order valence-corrected chi connectivity index (χ3v) is 1.76. The maximum atomic E-state index is 9.40. The zero-order valence-electron chi connectivity index (χ0n) is 7.16. The number of aryl methyl sites for hydroxylation is 1. The number of benzene rings is 1. The van der Waals surface area contributed by atoms with Crippen LogP contribution in [0.5, 0.6) is 11.5 Å². The van der Waals surface area contributed by atoms with Gasteiger partial charge in [0, 0.05) is 5.56 Å². The molecule has 1 aromatic carbocycles. The van der Waals surface area contributed by atoms with Crippen molar-refractivity contribution in [3.63, 3.8) is 0 Å². The van der Waals surface area contributed by atoms with Crippen LogP contribution >= 0.6 is 0 Å². The standard InChI is InChI=1S/C9H12O3/c1-6-3-8(12-2)4-7(5-10)9(6)11/h3-4,10-11H,5H2,1-2H3. The van der Waals surface area contributed by atoms with Crippen LogP contribution in [-0.4, -0.2) is 17.3 Å². The Morgan fingerprint density at radius 3 is 2.58 bits per heavy atom. The smallest absolute Gasteiger partial charge is 0.124 e. The van der Waals surface area contributed by atoms with Crippen LogP contribution in [-0.2, 0) is 6.61 Å². The molecule has 12 heavy (non-hydrogen) atoms. The molecule has 0 saturated carbocycles. The van der Waals surface area contributed by atoms with E-state index in [4.69, 9.17) is 9.84 Å². The van der Waals surface area contributed by atoms with Crippen molar-refractivity contribution in [2.24, 2.45) is 0 Å². The number of aliphatic hydroxyl groups is 1. The van der Waals surface area contributed by atoms with Crippen molar-refractivity contribution in [2.45, 2.75) is 13.5 Å². The van der Waals surface area contributed by atoms with Crippen LogP contribution in [0.15, 0.2) is 12.1 Å². The first kappa shape index (κ1) is 8.87. The molecule has 0 atom stereocenters. The van der Waals surface area contributed by atoms with Gasteiger partial charge in [-0.05, 0) is 24.6 Å². The fourth-order valence-electron chi connectivity index (χ4n) is 1.06. The average molecular weight is 168 g/mol. The zero-order valence-corrected chi connectivity index (χ0v) is 7.16. The molecule has 0 unspecified atom stereocenters. The second-order valence-electron chi connectivity index (χ2n) is 2.61. The summed E-state index contributed by atoms with van der Waals surface area (Å²) in [6.45, 7) is 1.58. The Morgan fingerprint density at radius 1 is 1.42 bits per heavy atom. The van der Waals surface area contributed by atoms with Crippen LogP contribution in [0.2, 0.25) is 0 Å². The Bertz CT molecular complexity index is 281. The van der Waals surface area contributed by atoms with Crippen LogP contribution < -0.4 is 4.74 Å². The molecule has 66 valence electrons. The van der Waals surface area contributed by atoms with Gasteiger partial charge in [-0.25, -0.2) is 0 Å². The van der Waals surface area contributed by atoms with Crippen molar-refractivity contribution in [3.8, 4) is 11.5 Å². The molecular weight excluding hydrogens is 156 g/mol.